The first-order valence-electron chi connectivity index (χ1n) is 7.38. The van der Waals surface area contributed by atoms with Gasteiger partial charge in [0.2, 0.25) is 0 Å². The molecule has 0 radical (unpaired) electrons. The number of hydrogen-bond acceptors (Lipinski definition) is 4. The molecule has 1 fully saturated rings. The van der Waals surface area contributed by atoms with Gasteiger partial charge in [0.05, 0.1) is 5.52 Å². The molecule has 1 aliphatic rings. The van der Waals surface area contributed by atoms with Gasteiger partial charge in [-0.2, -0.15) is 0 Å². The van der Waals surface area contributed by atoms with Gasteiger partial charge in [0.1, 0.15) is 11.4 Å². The Labute approximate surface area is 124 Å². The van der Waals surface area contributed by atoms with Crippen LogP contribution in [0.25, 0.3) is 10.9 Å². The third kappa shape index (κ3) is 2.96. The predicted molar refractivity (Wildman–Crippen MR) is 85.1 cm³/mol. The van der Waals surface area contributed by atoms with Crippen LogP contribution in [0, 0.1) is 5.92 Å². The van der Waals surface area contributed by atoms with E-state index in [1.54, 1.807) is 6.33 Å². The first-order chi connectivity index (χ1) is 9.88. The van der Waals surface area contributed by atoms with Crippen molar-refractivity contribution in [2.24, 2.45) is 5.92 Å². The molecule has 1 heterocycles. The smallest absolute Gasteiger partial charge is 0.117 e. The molecule has 1 saturated carbocycles. The lowest BCUT2D eigenvalue weighted by atomic mass is 10.0. The van der Waals surface area contributed by atoms with Gasteiger partial charge in [0, 0.05) is 11.4 Å². The molecule has 0 bridgehead atoms. The Kier molecular flexibility index (Phi) is 4.53. The monoisotopic (exact) mass is 287 g/mol. The van der Waals surface area contributed by atoms with Crippen LogP contribution in [0.15, 0.2) is 35.6 Å². The summed E-state index contributed by atoms with van der Waals surface area (Å²) in [6.45, 7) is 0. The molecule has 106 valence electrons. The second kappa shape index (κ2) is 6.55. The number of benzene rings is 1. The lowest BCUT2D eigenvalue weighted by Gasteiger charge is -2.18. The zero-order valence-electron chi connectivity index (χ0n) is 11.9. The van der Waals surface area contributed by atoms with E-state index < -0.39 is 0 Å². The van der Waals surface area contributed by atoms with Gasteiger partial charge in [-0.1, -0.05) is 24.6 Å². The lowest BCUT2D eigenvalue weighted by Crippen LogP contribution is -2.29. The van der Waals surface area contributed by atoms with Crippen LogP contribution in [0.2, 0.25) is 0 Å². The first kappa shape index (κ1) is 13.8. The largest absolute Gasteiger partial charge is 0.317 e. The Bertz CT molecular complexity index is 567. The maximum absolute atomic E-state index is 4.45. The molecule has 0 saturated heterocycles. The van der Waals surface area contributed by atoms with Crippen molar-refractivity contribution >= 4 is 22.7 Å². The lowest BCUT2D eigenvalue weighted by molar-refractivity contribution is 0.417. The molecule has 1 aromatic heterocycles. The maximum Gasteiger partial charge on any atom is 0.117 e. The van der Waals surface area contributed by atoms with Crippen LogP contribution >= 0.6 is 11.8 Å². The van der Waals surface area contributed by atoms with Gasteiger partial charge < -0.3 is 5.32 Å². The van der Waals surface area contributed by atoms with Crippen LogP contribution in [0.3, 0.4) is 0 Å². The molecule has 0 amide bonds. The molecule has 2 aromatic rings. The Hall–Kier alpha value is -1.13. The molecule has 1 aliphatic carbocycles. The van der Waals surface area contributed by atoms with E-state index in [9.17, 15) is 0 Å². The van der Waals surface area contributed by atoms with Crippen molar-refractivity contribution in [3.8, 4) is 0 Å². The van der Waals surface area contributed by atoms with E-state index in [0.717, 1.165) is 28.3 Å². The van der Waals surface area contributed by atoms with E-state index in [1.807, 2.05) is 17.8 Å². The molecule has 1 N–H and O–H groups in total. The maximum atomic E-state index is 4.45. The highest BCUT2D eigenvalue weighted by molar-refractivity contribution is 7.99. The molecule has 1 aromatic carbocycles. The number of thioether (sulfide) groups is 1. The van der Waals surface area contributed by atoms with Crippen molar-refractivity contribution < 1.29 is 0 Å². The second-order valence-corrected chi connectivity index (χ2v) is 6.50. The Morgan fingerprint density at radius 3 is 3.05 bits per heavy atom. The van der Waals surface area contributed by atoms with Crippen LogP contribution in [0.1, 0.15) is 25.7 Å². The van der Waals surface area contributed by atoms with Crippen LogP contribution in [0.4, 0.5) is 0 Å². The zero-order chi connectivity index (χ0) is 13.8. The average molecular weight is 287 g/mol. The highest BCUT2D eigenvalue weighted by atomic mass is 32.2. The highest BCUT2D eigenvalue weighted by Gasteiger charge is 2.25. The van der Waals surface area contributed by atoms with E-state index in [4.69, 9.17) is 0 Å². The van der Waals surface area contributed by atoms with Gasteiger partial charge in [-0.15, -0.1) is 11.8 Å². The van der Waals surface area contributed by atoms with Crippen molar-refractivity contribution in [3.05, 3.63) is 30.6 Å². The van der Waals surface area contributed by atoms with Crippen LogP contribution in [0.5, 0.6) is 0 Å². The van der Waals surface area contributed by atoms with Crippen molar-refractivity contribution in [2.45, 2.75) is 36.8 Å². The fraction of sp³-hybridized carbons (Fsp3) is 0.500. The van der Waals surface area contributed by atoms with E-state index in [0.29, 0.717) is 0 Å². The molecule has 4 heteroatoms. The molecule has 0 aliphatic heterocycles. The van der Waals surface area contributed by atoms with E-state index in [2.05, 4.69) is 40.5 Å². The summed E-state index contributed by atoms with van der Waals surface area (Å²) in [5.74, 6) is 1.98. The number of nitrogens with one attached hydrogen (secondary N) is 1. The first-order valence-corrected chi connectivity index (χ1v) is 8.37. The summed E-state index contributed by atoms with van der Waals surface area (Å²) in [6.07, 6.45) is 7.03. The minimum atomic E-state index is 0.720. The standard InChI is InChI=1S/C16H21N3S/c1-17-14-8-4-5-12(14)9-10-20-16-13-6-2-3-7-15(13)18-11-19-16/h2-3,6-7,11-12,14,17H,4-5,8-10H2,1H3. The van der Waals surface area contributed by atoms with Crippen molar-refractivity contribution in [1.82, 2.24) is 15.3 Å². The summed E-state index contributed by atoms with van der Waals surface area (Å²) in [6, 6.07) is 8.97. The average Bonchev–Trinajstić information content (AvgIpc) is 2.95. The van der Waals surface area contributed by atoms with Gasteiger partial charge in [-0.3, -0.25) is 0 Å². The summed E-state index contributed by atoms with van der Waals surface area (Å²) < 4.78 is 0. The topological polar surface area (TPSA) is 37.8 Å². The third-order valence-corrected chi connectivity index (χ3v) is 5.30. The molecule has 3 nitrogen and oxygen atoms in total. The number of fused-ring (bicyclic) bond motifs is 1. The summed E-state index contributed by atoms with van der Waals surface area (Å²) in [5, 5.41) is 5.75. The van der Waals surface area contributed by atoms with Crippen LogP contribution < -0.4 is 5.32 Å². The molecule has 3 rings (SSSR count). The van der Waals surface area contributed by atoms with Gasteiger partial charge in [-0.25, -0.2) is 9.97 Å². The van der Waals surface area contributed by atoms with E-state index in [-0.39, 0.29) is 0 Å². The fourth-order valence-electron chi connectivity index (χ4n) is 3.16. The zero-order valence-corrected chi connectivity index (χ0v) is 12.7. The number of aromatic nitrogens is 2. The summed E-state index contributed by atoms with van der Waals surface area (Å²) in [7, 11) is 2.09. The minimum Gasteiger partial charge on any atom is -0.317 e. The Morgan fingerprint density at radius 1 is 1.25 bits per heavy atom. The Morgan fingerprint density at radius 2 is 2.15 bits per heavy atom. The van der Waals surface area contributed by atoms with Crippen molar-refractivity contribution in [2.75, 3.05) is 12.8 Å². The fourth-order valence-corrected chi connectivity index (χ4v) is 4.23. The molecule has 20 heavy (non-hydrogen) atoms. The van der Waals surface area contributed by atoms with E-state index >= 15 is 0 Å². The molecule has 0 spiro atoms. The van der Waals surface area contributed by atoms with Gasteiger partial charge in [0.15, 0.2) is 0 Å². The van der Waals surface area contributed by atoms with E-state index in [1.165, 1.54) is 31.1 Å². The Balaban J connectivity index is 1.63. The molecular formula is C16H21N3S. The van der Waals surface area contributed by atoms with Gasteiger partial charge in [-0.05, 0) is 44.0 Å². The summed E-state index contributed by atoms with van der Waals surface area (Å²) in [4.78, 5) is 8.76. The predicted octanol–water partition coefficient (Wildman–Crippen LogP) is 3.50. The minimum absolute atomic E-state index is 0.720. The SMILES string of the molecule is CNC1CCCC1CCSc1ncnc2ccccc12. The van der Waals surface area contributed by atoms with Gasteiger partial charge >= 0.3 is 0 Å². The molecule has 2 atom stereocenters. The van der Waals surface area contributed by atoms with Crippen molar-refractivity contribution in [3.63, 3.8) is 0 Å². The summed E-state index contributed by atoms with van der Waals surface area (Å²) in [5.41, 5.74) is 1.04. The quantitative estimate of drug-likeness (QED) is 0.674. The molecular weight excluding hydrogens is 266 g/mol. The van der Waals surface area contributed by atoms with Crippen LogP contribution in [-0.2, 0) is 0 Å². The number of nitrogens with zero attached hydrogens (tertiary/aromatic N) is 2. The highest BCUT2D eigenvalue weighted by Crippen LogP contribution is 2.31. The second-order valence-electron chi connectivity index (χ2n) is 5.42. The number of hydrogen-bond donors (Lipinski definition) is 1. The van der Waals surface area contributed by atoms with Crippen molar-refractivity contribution in [1.29, 1.82) is 0 Å². The molecule has 2 unspecified atom stereocenters. The normalized spacial score (nSPS) is 22.4. The number of para-hydroxylation sites is 1. The van der Waals surface area contributed by atoms with Gasteiger partial charge in [0.25, 0.3) is 0 Å². The summed E-state index contributed by atoms with van der Waals surface area (Å²) >= 11 is 1.87. The number of rotatable bonds is 5. The third-order valence-electron chi connectivity index (χ3n) is 4.26. The van der Waals surface area contributed by atoms with Crippen LogP contribution in [-0.4, -0.2) is 28.8 Å².